The number of rotatable bonds is 5. The Balaban J connectivity index is 1.70. The second-order valence-corrected chi connectivity index (χ2v) is 8.54. The molecule has 1 saturated heterocycles. The number of piperidine rings is 1. The third kappa shape index (κ3) is 4.41. The topological polar surface area (TPSA) is 74.7 Å². The first-order chi connectivity index (χ1) is 12.5. The molecule has 0 saturated carbocycles. The van der Waals surface area contributed by atoms with Gasteiger partial charge < -0.3 is 0 Å². The minimum absolute atomic E-state index is 0.209. The van der Waals surface area contributed by atoms with E-state index in [4.69, 9.17) is 11.6 Å². The molecule has 1 aliphatic heterocycles. The van der Waals surface area contributed by atoms with Crippen molar-refractivity contribution >= 4 is 33.2 Å². The zero-order valence-corrected chi connectivity index (χ0v) is 16.1. The van der Waals surface area contributed by atoms with Gasteiger partial charge in [0.05, 0.1) is 5.71 Å². The van der Waals surface area contributed by atoms with Crippen LogP contribution in [0.3, 0.4) is 0 Å². The van der Waals surface area contributed by atoms with Crippen LogP contribution >= 0.6 is 11.6 Å². The molecule has 0 bridgehead atoms. The first kappa shape index (κ1) is 18.8. The fourth-order valence-electron chi connectivity index (χ4n) is 2.77. The maximum atomic E-state index is 12.6. The lowest BCUT2D eigenvalue weighted by atomic mass is 10.1. The average Bonchev–Trinajstić information content (AvgIpc) is 2.67. The van der Waals surface area contributed by atoms with E-state index in [0.717, 1.165) is 30.5 Å². The summed E-state index contributed by atoms with van der Waals surface area (Å²) in [6.07, 6.45) is 4.27. The van der Waals surface area contributed by atoms with Crippen molar-refractivity contribution in [1.82, 2.24) is 9.29 Å². The molecule has 26 heavy (non-hydrogen) atoms. The van der Waals surface area contributed by atoms with Gasteiger partial charge in [-0.25, -0.2) is 13.4 Å². The second-order valence-electron chi connectivity index (χ2n) is 6.16. The summed E-state index contributed by atoms with van der Waals surface area (Å²) in [5, 5.41) is 4.91. The van der Waals surface area contributed by atoms with Crippen LogP contribution in [0, 0.1) is 0 Å². The van der Waals surface area contributed by atoms with Gasteiger partial charge in [0, 0.05) is 24.3 Å². The summed E-state index contributed by atoms with van der Waals surface area (Å²) >= 11 is 5.98. The van der Waals surface area contributed by atoms with Crippen molar-refractivity contribution in [2.75, 3.05) is 18.5 Å². The highest BCUT2D eigenvalue weighted by atomic mass is 35.5. The number of hydrogen-bond donors (Lipinski definition) is 1. The maximum absolute atomic E-state index is 12.6. The number of hydrazone groups is 1. The number of nitrogens with zero attached hydrogens (tertiary/aromatic N) is 3. The van der Waals surface area contributed by atoms with Crippen LogP contribution in [-0.4, -0.2) is 36.5 Å². The number of halogens is 1. The highest BCUT2D eigenvalue weighted by Crippen LogP contribution is 2.20. The molecule has 3 rings (SSSR count). The largest absolute Gasteiger partial charge is 0.261 e. The SMILES string of the molecule is C/C(=N\Nc1ccc(S(=O)(=O)N2CCCCC2)cn1)c1cccc(Cl)c1. The number of hydrogen-bond acceptors (Lipinski definition) is 5. The molecule has 0 radical (unpaired) electrons. The Hall–Kier alpha value is -1.96. The van der Waals surface area contributed by atoms with E-state index >= 15 is 0 Å². The van der Waals surface area contributed by atoms with Gasteiger partial charge in [0.2, 0.25) is 10.0 Å². The van der Waals surface area contributed by atoms with E-state index in [1.54, 1.807) is 18.2 Å². The van der Waals surface area contributed by atoms with Gasteiger partial charge in [0.25, 0.3) is 0 Å². The molecule has 2 aromatic rings. The van der Waals surface area contributed by atoms with Crippen molar-refractivity contribution in [3.8, 4) is 0 Å². The van der Waals surface area contributed by atoms with Crippen molar-refractivity contribution in [2.45, 2.75) is 31.1 Å². The predicted molar refractivity (Wildman–Crippen MR) is 104 cm³/mol. The molecule has 0 unspecified atom stereocenters. The number of anilines is 1. The van der Waals surface area contributed by atoms with E-state index in [9.17, 15) is 8.42 Å². The summed E-state index contributed by atoms with van der Waals surface area (Å²) in [4.78, 5) is 4.38. The van der Waals surface area contributed by atoms with E-state index in [1.165, 1.54) is 10.5 Å². The molecule has 1 aliphatic rings. The van der Waals surface area contributed by atoms with Gasteiger partial charge in [-0.1, -0.05) is 30.2 Å². The van der Waals surface area contributed by atoms with Crippen molar-refractivity contribution < 1.29 is 8.42 Å². The standard InChI is InChI=1S/C18H21ClN4O2S/c1-14(15-6-5-7-16(19)12-15)21-22-18-9-8-17(13-20-18)26(24,25)23-10-3-2-4-11-23/h5-9,12-13H,2-4,10-11H2,1H3,(H,20,22)/b21-14+. The number of aromatic nitrogens is 1. The zero-order chi connectivity index (χ0) is 18.6. The third-order valence-electron chi connectivity index (χ3n) is 4.27. The van der Waals surface area contributed by atoms with Crippen LogP contribution in [-0.2, 0) is 10.0 Å². The molecule has 0 atom stereocenters. The molecule has 2 heterocycles. The molecule has 0 aliphatic carbocycles. The smallest absolute Gasteiger partial charge is 0.244 e. The summed E-state index contributed by atoms with van der Waals surface area (Å²) in [6, 6.07) is 10.6. The minimum atomic E-state index is -3.47. The fourth-order valence-corrected chi connectivity index (χ4v) is 4.43. The fraction of sp³-hybridized carbons (Fsp3) is 0.333. The highest BCUT2D eigenvalue weighted by molar-refractivity contribution is 7.89. The summed E-state index contributed by atoms with van der Waals surface area (Å²) in [7, 11) is -3.47. The van der Waals surface area contributed by atoms with Crippen LogP contribution in [0.25, 0.3) is 0 Å². The van der Waals surface area contributed by atoms with Crippen LogP contribution in [0.1, 0.15) is 31.7 Å². The van der Waals surface area contributed by atoms with Crippen LogP contribution in [0.5, 0.6) is 0 Å². The Labute approximate surface area is 158 Å². The average molecular weight is 393 g/mol. The Morgan fingerprint density at radius 2 is 1.96 bits per heavy atom. The number of benzene rings is 1. The lowest BCUT2D eigenvalue weighted by molar-refractivity contribution is 0.346. The van der Waals surface area contributed by atoms with E-state index in [2.05, 4.69) is 15.5 Å². The lowest BCUT2D eigenvalue weighted by Crippen LogP contribution is -2.35. The normalized spacial score (nSPS) is 16.5. The molecule has 0 spiro atoms. The Morgan fingerprint density at radius 3 is 2.62 bits per heavy atom. The highest BCUT2D eigenvalue weighted by Gasteiger charge is 2.26. The molecular formula is C18H21ClN4O2S. The van der Waals surface area contributed by atoms with E-state index < -0.39 is 10.0 Å². The first-order valence-corrected chi connectivity index (χ1v) is 10.3. The van der Waals surface area contributed by atoms with Gasteiger partial charge in [0.15, 0.2) is 0 Å². The van der Waals surface area contributed by atoms with Gasteiger partial charge >= 0.3 is 0 Å². The molecular weight excluding hydrogens is 372 g/mol. The van der Waals surface area contributed by atoms with Crippen molar-refractivity contribution in [2.24, 2.45) is 5.10 Å². The Bertz CT molecular complexity index is 892. The van der Waals surface area contributed by atoms with Gasteiger partial charge in [-0.15, -0.1) is 0 Å². The van der Waals surface area contributed by atoms with E-state index in [-0.39, 0.29) is 4.90 Å². The van der Waals surface area contributed by atoms with E-state index in [1.807, 2.05) is 25.1 Å². The van der Waals surface area contributed by atoms with Crippen LogP contribution < -0.4 is 5.43 Å². The summed E-state index contributed by atoms with van der Waals surface area (Å²) < 4.78 is 26.7. The van der Waals surface area contributed by atoms with Crippen LogP contribution in [0.4, 0.5) is 5.82 Å². The molecule has 1 aromatic heterocycles. The van der Waals surface area contributed by atoms with Crippen LogP contribution in [0.15, 0.2) is 52.6 Å². The third-order valence-corrected chi connectivity index (χ3v) is 6.39. The van der Waals surface area contributed by atoms with Crippen LogP contribution in [0.2, 0.25) is 5.02 Å². The zero-order valence-electron chi connectivity index (χ0n) is 14.5. The van der Waals surface area contributed by atoms with E-state index in [0.29, 0.717) is 23.9 Å². The molecule has 1 fully saturated rings. The summed E-state index contributed by atoms with van der Waals surface area (Å²) in [5.41, 5.74) is 4.49. The number of pyridine rings is 1. The Morgan fingerprint density at radius 1 is 1.19 bits per heavy atom. The molecule has 8 heteroatoms. The second kappa shape index (κ2) is 8.16. The maximum Gasteiger partial charge on any atom is 0.244 e. The molecule has 138 valence electrons. The van der Waals surface area contributed by atoms with Gasteiger partial charge in [-0.05, 0) is 49.6 Å². The molecule has 6 nitrogen and oxygen atoms in total. The quantitative estimate of drug-likeness (QED) is 0.621. The number of sulfonamides is 1. The summed E-state index contributed by atoms with van der Waals surface area (Å²) in [5.74, 6) is 0.476. The predicted octanol–water partition coefficient (Wildman–Crippen LogP) is 3.75. The van der Waals surface area contributed by atoms with Crippen molar-refractivity contribution in [1.29, 1.82) is 0 Å². The van der Waals surface area contributed by atoms with Gasteiger partial charge in [-0.3, -0.25) is 5.43 Å². The van der Waals surface area contributed by atoms with Gasteiger partial charge in [0.1, 0.15) is 10.7 Å². The Kier molecular flexibility index (Phi) is 5.90. The number of nitrogens with one attached hydrogen (secondary N) is 1. The van der Waals surface area contributed by atoms with Crippen molar-refractivity contribution in [3.05, 3.63) is 53.2 Å². The lowest BCUT2D eigenvalue weighted by Gasteiger charge is -2.25. The molecule has 1 aromatic carbocycles. The minimum Gasteiger partial charge on any atom is -0.261 e. The first-order valence-electron chi connectivity index (χ1n) is 8.49. The molecule has 0 amide bonds. The summed E-state index contributed by atoms with van der Waals surface area (Å²) in [6.45, 7) is 3.00. The molecule has 1 N–H and O–H groups in total. The van der Waals surface area contributed by atoms with Gasteiger partial charge in [-0.2, -0.15) is 9.41 Å². The van der Waals surface area contributed by atoms with Crippen molar-refractivity contribution in [3.63, 3.8) is 0 Å². The monoisotopic (exact) mass is 392 g/mol.